The minimum absolute atomic E-state index is 0.812. The molecule has 0 aliphatic carbocycles. The average molecular weight is 190 g/mol. The lowest BCUT2D eigenvalue weighted by molar-refractivity contribution is 0.195. The van der Waals surface area contributed by atoms with Gasteiger partial charge in [-0.15, -0.1) is 0 Å². The summed E-state index contributed by atoms with van der Waals surface area (Å²) in [4.78, 5) is 7.41. The Morgan fingerprint density at radius 3 is 3.29 bits per heavy atom. The number of nitrogens with zero attached hydrogens (tertiary/aromatic N) is 1. The van der Waals surface area contributed by atoms with Crippen LogP contribution < -0.4 is 0 Å². The van der Waals surface area contributed by atoms with Crippen LogP contribution in [-0.4, -0.2) is 23.7 Å². The van der Waals surface area contributed by atoms with Gasteiger partial charge < -0.3 is 9.72 Å². The maximum atomic E-state index is 5.03. The summed E-state index contributed by atoms with van der Waals surface area (Å²) in [7, 11) is 1.73. The number of aromatic nitrogens is 2. The van der Waals surface area contributed by atoms with Crippen LogP contribution in [0.15, 0.2) is 24.5 Å². The molecule has 0 aliphatic heterocycles. The first-order valence-corrected chi connectivity index (χ1v) is 4.81. The van der Waals surface area contributed by atoms with Crippen molar-refractivity contribution in [3.8, 4) is 0 Å². The molecule has 0 fully saturated rings. The Kier molecular flexibility index (Phi) is 2.79. The van der Waals surface area contributed by atoms with Crippen LogP contribution in [0.1, 0.15) is 12.0 Å². The molecule has 3 nitrogen and oxygen atoms in total. The fourth-order valence-corrected chi connectivity index (χ4v) is 1.63. The van der Waals surface area contributed by atoms with Crippen LogP contribution in [-0.2, 0) is 11.2 Å². The van der Waals surface area contributed by atoms with E-state index >= 15 is 0 Å². The second-order valence-electron chi connectivity index (χ2n) is 3.31. The van der Waals surface area contributed by atoms with Gasteiger partial charge in [0, 0.05) is 31.5 Å². The van der Waals surface area contributed by atoms with E-state index in [1.165, 1.54) is 10.9 Å². The SMILES string of the molecule is COCCCc1c[nH]c2ncccc12. The van der Waals surface area contributed by atoms with Crippen molar-refractivity contribution in [2.24, 2.45) is 0 Å². The van der Waals surface area contributed by atoms with Crippen LogP contribution >= 0.6 is 0 Å². The highest BCUT2D eigenvalue weighted by Gasteiger charge is 2.02. The summed E-state index contributed by atoms with van der Waals surface area (Å²) in [5.41, 5.74) is 2.30. The van der Waals surface area contributed by atoms with Crippen LogP contribution in [0, 0.1) is 0 Å². The molecule has 2 heterocycles. The number of fused-ring (bicyclic) bond motifs is 1. The summed E-state index contributed by atoms with van der Waals surface area (Å²) in [6.45, 7) is 0.812. The van der Waals surface area contributed by atoms with Gasteiger partial charge >= 0.3 is 0 Å². The smallest absolute Gasteiger partial charge is 0.137 e. The third-order valence-electron chi connectivity index (χ3n) is 2.33. The summed E-state index contributed by atoms with van der Waals surface area (Å²) < 4.78 is 5.03. The fraction of sp³-hybridized carbons (Fsp3) is 0.364. The van der Waals surface area contributed by atoms with Gasteiger partial charge in [-0.25, -0.2) is 4.98 Å². The zero-order valence-electron chi connectivity index (χ0n) is 8.29. The zero-order chi connectivity index (χ0) is 9.80. The molecule has 2 rings (SSSR count). The van der Waals surface area contributed by atoms with Crippen molar-refractivity contribution in [1.82, 2.24) is 9.97 Å². The predicted molar refractivity (Wildman–Crippen MR) is 56.3 cm³/mol. The number of pyridine rings is 1. The first kappa shape index (κ1) is 9.21. The van der Waals surface area contributed by atoms with E-state index in [2.05, 4.69) is 16.0 Å². The standard InChI is InChI=1S/C11H14N2O/c1-14-7-3-4-9-8-13-11-10(9)5-2-6-12-11/h2,5-6,8H,3-4,7H2,1H3,(H,12,13). The summed E-state index contributed by atoms with van der Waals surface area (Å²) in [5.74, 6) is 0. The first-order chi connectivity index (χ1) is 6.92. The van der Waals surface area contributed by atoms with Crippen molar-refractivity contribution in [2.75, 3.05) is 13.7 Å². The van der Waals surface area contributed by atoms with Gasteiger partial charge in [0.15, 0.2) is 0 Å². The Labute approximate surface area is 83.1 Å². The monoisotopic (exact) mass is 190 g/mol. The van der Waals surface area contributed by atoms with Crippen molar-refractivity contribution >= 4 is 11.0 Å². The molecule has 74 valence electrons. The van der Waals surface area contributed by atoms with E-state index in [0.717, 1.165) is 25.1 Å². The molecule has 0 aromatic carbocycles. The third kappa shape index (κ3) is 1.77. The number of nitrogens with one attached hydrogen (secondary N) is 1. The van der Waals surface area contributed by atoms with E-state index in [0.29, 0.717) is 0 Å². The lowest BCUT2D eigenvalue weighted by atomic mass is 10.1. The van der Waals surface area contributed by atoms with Crippen molar-refractivity contribution in [3.63, 3.8) is 0 Å². The molecule has 2 aromatic rings. The molecular formula is C11H14N2O. The van der Waals surface area contributed by atoms with Crippen LogP contribution in [0.4, 0.5) is 0 Å². The van der Waals surface area contributed by atoms with Crippen molar-refractivity contribution < 1.29 is 4.74 Å². The summed E-state index contributed by atoms with van der Waals surface area (Å²) in [5, 5.41) is 1.23. The normalized spacial score (nSPS) is 10.9. The molecular weight excluding hydrogens is 176 g/mol. The maximum Gasteiger partial charge on any atom is 0.137 e. The molecule has 0 radical (unpaired) electrons. The average Bonchev–Trinajstić information content (AvgIpc) is 2.63. The molecule has 0 amide bonds. The fourth-order valence-electron chi connectivity index (χ4n) is 1.63. The summed E-state index contributed by atoms with van der Waals surface area (Å²) >= 11 is 0. The van der Waals surface area contributed by atoms with Gasteiger partial charge in [-0.05, 0) is 30.5 Å². The molecule has 0 spiro atoms. The van der Waals surface area contributed by atoms with Crippen LogP contribution in [0.5, 0.6) is 0 Å². The number of H-pyrrole nitrogens is 1. The third-order valence-corrected chi connectivity index (χ3v) is 2.33. The topological polar surface area (TPSA) is 37.9 Å². The van der Waals surface area contributed by atoms with Gasteiger partial charge in [-0.2, -0.15) is 0 Å². The zero-order valence-corrected chi connectivity index (χ0v) is 8.29. The number of hydrogen-bond acceptors (Lipinski definition) is 2. The number of methoxy groups -OCH3 is 1. The largest absolute Gasteiger partial charge is 0.385 e. The quantitative estimate of drug-likeness (QED) is 0.750. The van der Waals surface area contributed by atoms with Crippen LogP contribution in [0.2, 0.25) is 0 Å². The molecule has 0 aliphatic rings. The van der Waals surface area contributed by atoms with Crippen molar-refractivity contribution in [1.29, 1.82) is 0 Å². The molecule has 2 aromatic heterocycles. The molecule has 0 atom stereocenters. The van der Waals surface area contributed by atoms with Gasteiger partial charge in [0.2, 0.25) is 0 Å². The van der Waals surface area contributed by atoms with Crippen molar-refractivity contribution in [3.05, 3.63) is 30.1 Å². The van der Waals surface area contributed by atoms with Gasteiger partial charge in [0.1, 0.15) is 5.65 Å². The highest BCUT2D eigenvalue weighted by Crippen LogP contribution is 2.16. The van der Waals surface area contributed by atoms with E-state index in [4.69, 9.17) is 4.74 Å². The Morgan fingerprint density at radius 1 is 1.50 bits per heavy atom. The van der Waals surface area contributed by atoms with Crippen LogP contribution in [0.3, 0.4) is 0 Å². The molecule has 3 heteroatoms. The lowest BCUT2D eigenvalue weighted by Crippen LogP contribution is -1.91. The number of aryl methyl sites for hydroxylation is 1. The Morgan fingerprint density at radius 2 is 2.43 bits per heavy atom. The molecule has 0 saturated carbocycles. The Balaban J connectivity index is 2.17. The highest BCUT2D eigenvalue weighted by atomic mass is 16.5. The van der Waals surface area contributed by atoms with Crippen LogP contribution in [0.25, 0.3) is 11.0 Å². The van der Waals surface area contributed by atoms with Gasteiger partial charge in [-0.3, -0.25) is 0 Å². The minimum Gasteiger partial charge on any atom is -0.385 e. The minimum atomic E-state index is 0.812. The Hall–Kier alpha value is -1.35. The maximum absolute atomic E-state index is 5.03. The molecule has 0 saturated heterocycles. The summed E-state index contributed by atoms with van der Waals surface area (Å²) in [6.07, 6.45) is 5.93. The number of rotatable bonds is 4. The van der Waals surface area contributed by atoms with Gasteiger partial charge in [-0.1, -0.05) is 0 Å². The van der Waals surface area contributed by atoms with E-state index < -0.39 is 0 Å². The van der Waals surface area contributed by atoms with Gasteiger partial charge in [0.25, 0.3) is 0 Å². The second kappa shape index (κ2) is 4.24. The number of hydrogen-bond donors (Lipinski definition) is 1. The van der Waals surface area contributed by atoms with Crippen molar-refractivity contribution in [2.45, 2.75) is 12.8 Å². The van der Waals surface area contributed by atoms with E-state index in [9.17, 15) is 0 Å². The van der Waals surface area contributed by atoms with E-state index in [-0.39, 0.29) is 0 Å². The highest BCUT2D eigenvalue weighted by molar-refractivity contribution is 5.79. The Bertz CT molecular complexity index is 408. The summed E-state index contributed by atoms with van der Waals surface area (Å²) in [6, 6.07) is 4.07. The molecule has 0 bridgehead atoms. The van der Waals surface area contributed by atoms with E-state index in [1.807, 2.05) is 12.3 Å². The second-order valence-corrected chi connectivity index (χ2v) is 3.31. The molecule has 1 N–H and O–H groups in total. The van der Waals surface area contributed by atoms with E-state index in [1.54, 1.807) is 13.3 Å². The number of aromatic amines is 1. The molecule has 0 unspecified atom stereocenters. The predicted octanol–water partition coefficient (Wildman–Crippen LogP) is 2.14. The lowest BCUT2D eigenvalue weighted by Gasteiger charge is -1.98. The van der Waals surface area contributed by atoms with Gasteiger partial charge in [0.05, 0.1) is 0 Å². The number of ether oxygens (including phenoxy) is 1. The molecule has 14 heavy (non-hydrogen) atoms. The first-order valence-electron chi connectivity index (χ1n) is 4.81.